The number of carbonyl (C=O) groups is 2. The molecule has 1 amide bonds. The number of fused-ring (bicyclic) bond motifs is 1. The summed E-state index contributed by atoms with van der Waals surface area (Å²) in [6.45, 7) is 0.916. The van der Waals surface area contributed by atoms with Gasteiger partial charge < -0.3 is 24.4 Å². The highest BCUT2D eigenvalue weighted by atomic mass is 16.5. The van der Waals surface area contributed by atoms with Crippen molar-refractivity contribution in [1.82, 2.24) is 9.80 Å². The van der Waals surface area contributed by atoms with Gasteiger partial charge in [-0.2, -0.15) is 0 Å². The molecule has 0 aromatic heterocycles. The predicted molar refractivity (Wildman–Crippen MR) is 131 cm³/mol. The molecule has 1 heterocycles. The van der Waals surface area contributed by atoms with E-state index in [2.05, 4.69) is 0 Å². The van der Waals surface area contributed by atoms with Crippen molar-refractivity contribution in [2.45, 2.75) is 6.04 Å². The lowest BCUT2D eigenvalue weighted by molar-refractivity contribution is -0.140. The second-order valence-corrected chi connectivity index (χ2v) is 8.50. The van der Waals surface area contributed by atoms with E-state index < -0.39 is 17.7 Å². The van der Waals surface area contributed by atoms with E-state index in [-0.39, 0.29) is 11.3 Å². The SMILES string of the molecule is COc1cccc(C2/C(=C(\O)c3ccc4cc(OC)ccc4c3)C(=O)C(=O)N2CCN(C)C)c1. The van der Waals surface area contributed by atoms with Gasteiger partial charge in [0.05, 0.1) is 25.8 Å². The number of nitrogens with zero attached hydrogens (tertiary/aromatic N) is 2. The van der Waals surface area contributed by atoms with Crippen LogP contribution in [0.3, 0.4) is 0 Å². The molecular formula is C27H28N2O5. The first-order chi connectivity index (χ1) is 16.3. The van der Waals surface area contributed by atoms with Gasteiger partial charge in [0.1, 0.15) is 17.3 Å². The standard InChI is InChI=1S/C27H28N2O5/c1-28(2)12-13-29-24(19-6-5-7-21(16-19)33-3)23(26(31)27(29)32)25(30)20-9-8-18-15-22(34-4)11-10-17(18)14-20/h5-11,14-16,24,30H,12-13H2,1-4H3/b25-23+. The maximum Gasteiger partial charge on any atom is 0.295 e. The third-order valence-corrected chi connectivity index (χ3v) is 6.06. The summed E-state index contributed by atoms with van der Waals surface area (Å²) in [5, 5.41) is 13.2. The van der Waals surface area contributed by atoms with Crippen LogP contribution in [0.2, 0.25) is 0 Å². The number of likely N-dealkylation sites (tertiary alicyclic amines) is 1. The molecule has 0 aliphatic carbocycles. The summed E-state index contributed by atoms with van der Waals surface area (Å²) in [4.78, 5) is 29.7. The van der Waals surface area contributed by atoms with Crippen molar-refractivity contribution < 1.29 is 24.2 Å². The van der Waals surface area contributed by atoms with Crippen LogP contribution in [0.25, 0.3) is 16.5 Å². The van der Waals surface area contributed by atoms with Gasteiger partial charge in [0.25, 0.3) is 11.7 Å². The zero-order valence-electron chi connectivity index (χ0n) is 19.7. The van der Waals surface area contributed by atoms with Crippen molar-refractivity contribution in [2.24, 2.45) is 0 Å². The lowest BCUT2D eigenvalue weighted by Crippen LogP contribution is -2.35. The Morgan fingerprint density at radius 3 is 2.32 bits per heavy atom. The lowest BCUT2D eigenvalue weighted by atomic mass is 9.94. The monoisotopic (exact) mass is 460 g/mol. The first-order valence-corrected chi connectivity index (χ1v) is 11.0. The summed E-state index contributed by atoms with van der Waals surface area (Å²) in [6.07, 6.45) is 0. The van der Waals surface area contributed by atoms with E-state index in [0.717, 1.165) is 16.5 Å². The van der Waals surface area contributed by atoms with Crippen LogP contribution in [-0.4, -0.2) is 68.0 Å². The van der Waals surface area contributed by atoms with E-state index in [1.165, 1.54) is 4.90 Å². The van der Waals surface area contributed by atoms with Gasteiger partial charge in [0.2, 0.25) is 0 Å². The number of likely N-dealkylation sites (N-methyl/N-ethyl adjacent to an activating group) is 1. The zero-order valence-corrected chi connectivity index (χ0v) is 19.7. The highest BCUT2D eigenvalue weighted by Gasteiger charge is 2.46. The van der Waals surface area contributed by atoms with Gasteiger partial charge in [-0.25, -0.2) is 0 Å². The Morgan fingerprint density at radius 1 is 0.941 bits per heavy atom. The van der Waals surface area contributed by atoms with Gasteiger partial charge in [0, 0.05) is 18.7 Å². The highest BCUT2D eigenvalue weighted by molar-refractivity contribution is 6.46. The number of ketones is 1. The van der Waals surface area contributed by atoms with Crippen LogP contribution >= 0.6 is 0 Å². The van der Waals surface area contributed by atoms with Crippen LogP contribution < -0.4 is 9.47 Å². The quantitative estimate of drug-likeness (QED) is 0.328. The van der Waals surface area contributed by atoms with Crippen molar-refractivity contribution in [3.63, 3.8) is 0 Å². The van der Waals surface area contributed by atoms with Gasteiger partial charge in [0.15, 0.2) is 0 Å². The molecule has 3 aromatic rings. The largest absolute Gasteiger partial charge is 0.507 e. The van der Waals surface area contributed by atoms with Gasteiger partial charge in [-0.15, -0.1) is 0 Å². The van der Waals surface area contributed by atoms with Gasteiger partial charge in [-0.3, -0.25) is 9.59 Å². The molecule has 1 atom stereocenters. The number of hydrogen-bond acceptors (Lipinski definition) is 6. The fraction of sp³-hybridized carbons (Fsp3) is 0.259. The Bertz CT molecular complexity index is 1280. The van der Waals surface area contributed by atoms with Crippen LogP contribution in [0.1, 0.15) is 17.2 Å². The summed E-state index contributed by atoms with van der Waals surface area (Å²) < 4.78 is 10.6. The molecule has 4 rings (SSSR count). The third-order valence-electron chi connectivity index (χ3n) is 6.06. The lowest BCUT2D eigenvalue weighted by Gasteiger charge is -2.26. The molecule has 1 fully saturated rings. The van der Waals surface area contributed by atoms with E-state index in [1.54, 1.807) is 38.5 Å². The van der Waals surface area contributed by atoms with E-state index >= 15 is 0 Å². The number of benzene rings is 3. The molecule has 7 nitrogen and oxygen atoms in total. The molecular weight excluding hydrogens is 432 g/mol. The molecule has 0 bridgehead atoms. The minimum absolute atomic E-state index is 0.0740. The second-order valence-electron chi connectivity index (χ2n) is 8.50. The molecule has 1 N–H and O–H groups in total. The minimum Gasteiger partial charge on any atom is -0.507 e. The first kappa shape index (κ1) is 23.3. The van der Waals surface area contributed by atoms with E-state index in [1.807, 2.05) is 55.4 Å². The summed E-state index contributed by atoms with van der Waals surface area (Å²) >= 11 is 0. The third kappa shape index (κ3) is 4.34. The number of Topliss-reactive ketones (excluding diaryl/α,β-unsaturated/α-hetero) is 1. The van der Waals surface area contributed by atoms with Crippen molar-refractivity contribution in [3.05, 3.63) is 77.4 Å². The minimum atomic E-state index is -0.721. The molecule has 1 saturated heterocycles. The molecule has 3 aromatic carbocycles. The molecule has 1 aliphatic rings. The van der Waals surface area contributed by atoms with Crippen LogP contribution in [0.4, 0.5) is 0 Å². The summed E-state index contributed by atoms with van der Waals surface area (Å²) in [5.74, 6) is -0.179. The number of aliphatic hydroxyl groups is 1. The normalized spacial score (nSPS) is 17.6. The Hall–Kier alpha value is -3.84. The van der Waals surface area contributed by atoms with Crippen molar-refractivity contribution in [1.29, 1.82) is 0 Å². The number of rotatable bonds is 7. The smallest absolute Gasteiger partial charge is 0.295 e. The molecule has 0 radical (unpaired) electrons. The zero-order chi connectivity index (χ0) is 24.4. The molecule has 0 saturated carbocycles. The number of methoxy groups -OCH3 is 2. The van der Waals surface area contributed by atoms with Crippen LogP contribution in [0.5, 0.6) is 11.5 Å². The van der Waals surface area contributed by atoms with Crippen molar-refractivity contribution >= 4 is 28.2 Å². The summed E-state index contributed by atoms with van der Waals surface area (Å²) in [5.41, 5.74) is 1.24. The molecule has 0 spiro atoms. The fourth-order valence-electron chi connectivity index (χ4n) is 4.23. The highest BCUT2D eigenvalue weighted by Crippen LogP contribution is 2.40. The fourth-order valence-corrected chi connectivity index (χ4v) is 4.23. The predicted octanol–water partition coefficient (Wildman–Crippen LogP) is 3.84. The molecule has 1 unspecified atom stereocenters. The van der Waals surface area contributed by atoms with Gasteiger partial charge in [-0.1, -0.05) is 30.3 Å². The first-order valence-electron chi connectivity index (χ1n) is 11.0. The molecule has 176 valence electrons. The summed E-state index contributed by atoms with van der Waals surface area (Å²) in [6, 6.07) is 17.5. The molecule has 1 aliphatic heterocycles. The maximum atomic E-state index is 13.2. The van der Waals surface area contributed by atoms with E-state index in [0.29, 0.717) is 30.0 Å². The van der Waals surface area contributed by atoms with Crippen molar-refractivity contribution in [2.75, 3.05) is 41.4 Å². The number of hydrogen-bond donors (Lipinski definition) is 1. The number of carbonyl (C=O) groups excluding carboxylic acids is 2. The van der Waals surface area contributed by atoms with Crippen LogP contribution in [-0.2, 0) is 9.59 Å². The Balaban J connectivity index is 1.85. The Morgan fingerprint density at radius 2 is 1.62 bits per heavy atom. The topological polar surface area (TPSA) is 79.3 Å². The van der Waals surface area contributed by atoms with E-state index in [9.17, 15) is 14.7 Å². The average molecular weight is 461 g/mol. The van der Waals surface area contributed by atoms with Crippen LogP contribution in [0.15, 0.2) is 66.2 Å². The Kier molecular flexibility index (Phi) is 6.56. The van der Waals surface area contributed by atoms with E-state index in [4.69, 9.17) is 9.47 Å². The maximum absolute atomic E-state index is 13.2. The summed E-state index contributed by atoms with van der Waals surface area (Å²) in [7, 11) is 6.98. The van der Waals surface area contributed by atoms with Gasteiger partial charge in [-0.05, 0) is 60.8 Å². The van der Waals surface area contributed by atoms with Crippen LogP contribution in [0, 0.1) is 0 Å². The average Bonchev–Trinajstić information content (AvgIpc) is 3.11. The Labute approximate surface area is 198 Å². The molecule has 7 heteroatoms. The number of amides is 1. The van der Waals surface area contributed by atoms with Gasteiger partial charge >= 0.3 is 0 Å². The number of ether oxygens (including phenoxy) is 2. The molecule has 34 heavy (non-hydrogen) atoms. The van der Waals surface area contributed by atoms with Crippen molar-refractivity contribution in [3.8, 4) is 11.5 Å². The second kappa shape index (κ2) is 9.57. The number of aliphatic hydroxyl groups excluding tert-OH is 1.